The number of benzene rings is 1. The van der Waals surface area contributed by atoms with Crippen LogP contribution >= 0.6 is 15.9 Å². The van der Waals surface area contributed by atoms with Crippen molar-refractivity contribution in [2.45, 2.75) is 18.8 Å². The molecule has 1 aliphatic rings. The van der Waals surface area contributed by atoms with Gasteiger partial charge in [0.15, 0.2) is 5.78 Å². The van der Waals surface area contributed by atoms with Crippen LogP contribution in [0.3, 0.4) is 0 Å². The summed E-state index contributed by atoms with van der Waals surface area (Å²) in [5, 5.41) is 0. The van der Waals surface area contributed by atoms with Crippen LogP contribution in [0.4, 0.5) is 0 Å². The van der Waals surface area contributed by atoms with Crippen molar-refractivity contribution < 1.29 is 9.53 Å². The number of Topliss-reactive ketones (excluding diaryl/α,β-unsaturated/α-hetero) is 1. The van der Waals surface area contributed by atoms with Crippen LogP contribution in [0.25, 0.3) is 0 Å². The van der Waals surface area contributed by atoms with Gasteiger partial charge in [-0.15, -0.1) is 0 Å². The van der Waals surface area contributed by atoms with Crippen molar-refractivity contribution in [1.29, 1.82) is 0 Å². The zero-order chi connectivity index (χ0) is 11.5. The molecule has 1 atom stereocenters. The fourth-order valence-electron chi connectivity index (χ4n) is 1.99. The lowest BCUT2D eigenvalue weighted by Gasteiger charge is -2.23. The van der Waals surface area contributed by atoms with Crippen LogP contribution < -0.4 is 0 Å². The second-order valence-corrected chi connectivity index (χ2v) is 4.67. The van der Waals surface area contributed by atoms with E-state index in [1.54, 1.807) is 7.11 Å². The number of hydrogen-bond acceptors (Lipinski definition) is 2. The number of halogens is 1. The third-order valence-electron chi connectivity index (χ3n) is 2.87. The van der Waals surface area contributed by atoms with Crippen molar-refractivity contribution in [3.05, 3.63) is 46.1 Å². The van der Waals surface area contributed by atoms with Gasteiger partial charge in [-0.25, -0.2) is 0 Å². The van der Waals surface area contributed by atoms with E-state index < -0.39 is 0 Å². The van der Waals surface area contributed by atoms with E-state index in [1.807, 2.05) is 18.2 Å². The molecular weight excluding hydrogens is 268 g/mol. The summed E-state index contributed by atoms with van der Waals surface area (Å²) in [6, 6.07) is 10.1. The van der Waals surface area contributed by atoms with E-state index >= 15 is 0 Å². The van der Waals surface area contributed by atoms with Gasteiger partial charge < -0.3 is 4.74 Å². The van der Waals surface area contributed by atoms with Gasteiger partial charge in [0.1, 0.15) is 5.76 Å². The lowest BCUT2D eigenvalue weighted by molar-refractivity contribution is -0.115. The molecule has 2 nitrogen and oxygen atoms in total. The highest BCUT2D eigenvalue weighted by molar-refractivity contribution is 9.12. The number of allylic oxidation sites excluding steroid dienone is 2. The molecule has 0 spiro atoms. The Morgan fingerprint density at radius 3 is 2.56 bits per heavy atom. The summed E-state index contributed by atoms with van der Waals surface area (Å²) in [5.74, 6) is 1.12. The molecule has 0 bridgehead atoms. The Morgan fingerprint density at radius 2 is 1.94 bits per heavy atom. The number of ether oxygens (including phenoxy) is 1. The van der Waals surface area contributed by atoms with Crippen molar-refractivity contribution in [1.82, 2.24) is 0 Å². The molecule has 0 heterocycles. The Morgan fingerprint density at radius 1 is 1.25 bits per heavy atom. The van der Waals surface area contributed by atoms with Gasteiger partial charge in [-0.1, -0.05) is 30.3 Å². The van der Waals surface area contributed by atoms with Crippen molar-refractivity contribution in [2.24, 2.45) is 0 Å². The lowest BCUT2D eigenvalue weighted by atomic mass is 9.86. The SMILES string of the molecule is COC1=C(Br)C(=O)CC(c2ccccc2)C1. The van der Waals surface area contributed by atoms with Gasteiger partial charge in [0.25, 0.3) is 0 Å². The van der Waals surface area contributed by atoms with Crippen LogP contribution in [0.1, 0.15) is 24.3 Å². The number of hydrogen-bond donors (Lipinski definition) is 0. The molecule has 2 rings (SSSR count). The van der Waals surface area contributed by atoms with Gasteiger partial charge in [-0.2, -0.15) is 0 Å². The summed E-state index contributed by atoms with van der Waals surface area (Å²) >= 11 is 3.29. The zero-order valence-electron chi connectivity index (χ0n) is 9.07. The molecule has 0 saturated heterocycles. The Bertz CT molecular complexity index is 423. The minimum absolute atomic E-state index is 0.122. The largest absolute Gasteiger partial charge is 0.500 e. The number of methoxy groups -OCH3 is 1. The van der Waals surface area contributed by atoms with Gasteiger partial charge in [-0.3, -0.25) is 4.79 Å². The maximum atomic E-state index is 11.8. The Balaban J connectivity index is 2.26. The molecule has 0 amide bonds. The number of carbonyl (C=O) groups is 1. The van der Waals surface area contributed by atoms with Crippen LogP contribution in [-0.2, 0) is 9.53 Å². The van der Waals surface area contributed by atoms with Crippen molar-refractivity contribution in [3.63, 3.8) is 0 Å². The van der Waals surface area contributed by atoms with Crippen LogP contribution in [-0.4, -0.2) is 12.9 Å². The van der Waals surface area contributed by atoms with Gasteiger partial charge in [0.2, 0.25) is 0 Å². The lowest BCUT2D eigenvalue weighted by Crippen LogP contribution is -2.16. The molecule has 0 saturated carbocycles. The summed E-state index contributed by atoms with van der Waals surface area (Å²) in [7, 11) is 1.61. The van der Waals surface area contributed by atoms with Gasteiger partial charge in [0.05, 0.1) is 11.6 Å². The molecule has 0 fully saturated rings. The highest BCUT2D eigenvalue weighted by Crippen LogP contribution is 2.36. The topological polar surface area (TPSA) is 26.3 Å². The van der Waals surface area contributed by atoms with E-state index in [0.29, 0.717) is 10.9 Å². The molecule has 16 heavy (non-hydrogen) atoms. The third-order valence-corrected chi connectivity index (χ3v) is 3.76. The quantitative estimate of drug-likeness (QED) is 0.830. The monoisotopic (exact) mass is 280 g/mol. The fraction of sp³-hybridized carbons (Fsp3) is 0.308. The maximum Gasteiger partial charge on any atom is 0.173 e. The molecule has 3 heteroatoms. The molecule has 0 aliphatic heterocycles. The predicted molar refractivity (Wildman–Crippen MR) is 66.4 cm³/mol. The summed E-state index contributed by atoms with van der Waals surface area (Å²) in [5.41, 5.74) is 1.20. The molecule has 1 aromatic carbocycles. The van der Waals surface area contributed by atoms with E-state index in [1.165, 1.54) is 5.56 Å². The summed E-state index contributed by atoms with van der Waals surface area (Å²) in [6.07, 6.45) is 1.34. The van der Waals surface area contributed by atoms with E-state index in [0.717, 1.165) is 12.2 Å². The summed E-state index contributed by atoms with van der Waals surface area (Å²) in [4.78, 5) is 11.8. The molecule has 0 N–H and O–H groups in total. The first-order valence-electron chi connectivity index (χ1n) is 5.23. The minimum atomic E-state index is 0.122. The molecule has 84 valence electrons. The molecule has 1 aliphatic carbocycles. The minimum Gasteiger partial charge on any atom is -0.500 e. The first-order valence-corrected chi connectivity index (χ1v) is 6.02. The maximum absolute atomic E-state index is 11.8. The van der Waals surface area contributed by atoms with Crippen LogP contribution in [0.2, 0.25) is 0 Å². The summed E-state index contributed by atoms with van der Waals surface area (Å²) < 4.78 is 5.84. The first kappa shape index (κ1) is 11.4. The standard InChI is InChI=1S/C13H13BrO2/c1-16-12-8-10(7-11(15)13(12)14)9-5-3-2-4-6-9/h2-6,10H,7-8H2,1H3. The number of ketones is 1. The fourth-order valence-corrected chi connectivity index (χ4v) is 2.47. The Labute approximate surface area is 103 Å². The van der Waals surface area contributed by atoms with E-state index in [4.69, 9.17) is 4.74 Å². The van der Waals surface area contributed by atoms with Crippen LogP contribution in [0.5, 0.6) is 0 Å². The highest BCUT2D eigenvalue weighted by Gasteiger charge is 2.27. The van der Waals surface area contributed by atoms with Crippen molar-refractivity contribution in [3.8, 4) is 0 Å². The molecule has 1 aromatic rings. The zero-order valence-corrected chi connectivity index (χ0v) is 10.7. The van der Waals surface area contributed by atoms with Gasteiger partial charge in [0, 0.05) is 12.8 Å². The third kappa shape index (κ3) is 2.19. The Kier molecular flexibility index (Phi) is 3.44. The smallest absolute Gasteiger partial charge is 0.173 e. The normalized spacial score (nSPS) is 21.1. The first-order chi connectivity index (χ1) is 7.72. The van der Waals surface area contributed by atoms with Gasteiger partial charge in [-0.05, 0) is 27.4 Å². The average molecular weight is 281 g/mol. The Hall–Kier alpha value is -1.09. The molecule has 0 aromatic heterocycles. The van der Waals surface area contributed by atoms with Crippen molar-refractivity contribution >= 4 is 21.7 Å². The van der Waals surface area contributed by atoms with Crippen molar-refractivity contribution in [2.75, 3.05) is 7.11 Å². The molecular formula is C13H13BrO2. The van der Waals surface area contributed by atoms with Crippen LogP contribution in [0, 0.1) is 0 Å². The average Bonchev–Trinajstić information content (AvgIpc) is 2.33. The summed E-state index contributed by atoms with van der Waals surface area (Å²) in [6.45, 7) is 0. The van der Waals surface area contributed by atoms with E-state index in [9.17, 15) is 4.79 Å². The van der Waals surface area contributed by atoms with E-state index in [2.05, 4.69) is 28.1 Å². The van der Waals surface area contributed by atoms with E-state index in [-0.39, 0.29) is 11.7 Å². The number of rotatable bonds is 2. The molecule has 0 radical (unpaired) electrons. The number of carbonyl (C=O) groups excluding carboxylic acids is 1. The molecule has 1 unspecified atom stereocenters. The van der Waals surface area contributed by atoms with Gasteiger partial charge >= 0.3 is 0 Å². The second-order valence-electron chi connectivity index (χ2n) is 3.88. The highest BCUT2D eigenvalue weighted by atomic mass is 79.9. The second kappa shape index (κ2) is 4.83. The predicted octanol–water partition coefficient (Wildman–Crippen LogP) is 3.39. The van der Waals surface area contributed by atoms with Crippen LogP contribution in [0.15, 0.2) is 40.6 Å².